The fourth-order valence-corrected chi connectivity index (χ4v) is 3.91. The average Bonchev–Trinajstić information content (AvgIpc) is 3.19. The van der Waals surface area contributed by atoms with Crippen molar-refractivity contribution in [2.45, 2.75) is 6.54 Å². The van der Waals surface area contributed by atoms with Crippen LogP contribution in [0.15, 0.2) is 65.8 Å². The Bertz CT molecular complexity index is 1170. The highest BCUT2D eigenvalue weighted by atomic mass is 16.1. The van der Waals surface area contributed by atoms with Gasteiger partial charge in [-0.3, -0.25) is 9.69 Å². The lowest BCUT2D eigenvalue weighted by Crippen LogP contribution is -2.42. The molecule has 3 N–H and O–H groups in total. The lowest BCUT2D eigenvalue weighted by Gasteiger charge is -2.27. The Morgan fingerprint density at radius 1 is 0.897 bits per heavy atom. The molecule has 6 heteroatoms. The van der Waals surface area contributed by atoms with Crippen molar-refractivity contribution in [3.8, 4) is 22.3 Å². The zero-order chi connectivity index (χ0) is 19.6. The minimum Gasteiger partial charge on any atom is -0.346 e. The van der Waals surface area contributed by atoms with Gasteiger partial charge in [-0.2, -0.15) is 0 Å². The van der Waals surface area contributed by atoms with E-state index in [-0.39, 0.29) is 5.56 Å². The number of H-pyrrole nitrogens is 2. The second kappa shape index (κ2) is 7.66. The molecule has 1 aromatic carbocycles. The van der Waals surface area contributed by atoms with Gasteiger partial charge in [-0.1, -0.05) is 24.3 Å². The molecule has 5 rings (SSSR count). The molecule has 1 fully saturated rings. The lowest BCUT2D eigenvalue weighted by atomic mass is 10.0. The Kier molecular flexibility index (Phi) is 4.71. The van der Waals surface area contributed by atoms with Crippen LogP contribution < -0.4 is 10.9 Å². The highest BCUT2D eigenvalue weighted by Gasteiger charge is 2.11. The molecule has 4 heterocycles. The number of pyridine rings is 2. The second-order valence-electron chi connectivity index (χ2n) is 7.49. The Morgan fingerprint density at radius 3 is 2.45 bits per heavy atom. The van der Waals surface area contributed by atoms with Crippen molar-refractivity contribution in [2.75, 3.05) is 26.2 Å². The van der Waals surface area contributed by atoms with Gasteiger partial charge in [0.2, 0.25) is 5.56 Å². The first-order chi connectivity index (χ1) is 14.3. The van der Waals surface area contributed by atoms with E-state index in [1.54, 1.807) is 12.3 Å². The zero-order valence-electron chi connectivity index (χ0n) is 16.1. The summed E-state index contributed by atoms with van der Waals surface area (Å²) in [5.74, 6) is 0. The van der Waals surface area contributed by atoms with Gasteiger partial charge in [0.15, 0.2) is 0 Å². The molecule has 29 heavy (non-hydrogen) atoms. The Hall–Kier alpha value is -3.22. The van der Waals surface area contributed by atoms with Crippen molar-refractivity contribution >= 4 is 11.0 Å². The summed E-state index contributed by atoms with van der Waals surface area (Å²) in [5.41, 5.74) is 6.29. The van der Waals surface area contributed by atoms with E-state index in [0.717, 1.165) is 66.0 Å². The van der Waals surface area contributed by atoms with Crippen LogP contribution in [0.4, 0.5) is 0 Å². The number of aromatic amines is 2. The van der Waals surface area contributed by atoms with Gasteiger partial charge in [0.1, 0.15) is 5.65 Å². The number of hydrogen-bond acceptors (Lipinski definition) is 4. The molecule has 0 saturated carbocycles. The van der Waals surface area contributed by atoms with Gasteiger partial charge in [0, 0.05) is 79.5 Å². The smallest absolute Gasteiger partial charge is 0.247 e. The summed E-state index contributed by atoms with van der Waals surface area (Å²) in [4.78, 5) is 24.4. The quantitative estimate of drug-likeness (QED) is 0.505. The molecule has 1 aliphatic rings. The predicted molar refractivity (Wildman–Crippen MR) is 116 cm³/mol. The molecule has 146 valence electrons. The third-order valence-corrected chi connectivity index (χ3v) is 5.53. The summed E-state index contributed by atoms with van der Waals surface area (Å²) < 4.78 is 0. The number of nitrogens with zero attached hydrogens (tertiary/aromatic N) is 2. The summed E-state index contributed by atoms with van der Waals surface area (Å²) >= 11 is 0. The van der Waals surface area contributed by atoms with E-state index >= 15 is 0 Å². The van der Waals surface area contributed by atoms with Crippen LogP contribution in [0.5, 0.6) is 0 Å². The Balaban J connectivity index is 1.43. The second-order valence-corrected chi connectivity index (χ2v) is 7.49. The Labute approximate surface area is 168 Å². The highest BCUT2D eigenvalue weighted by molar-refractivity contribution is 5.95. The molecule has 0 spiro atoms. The fourth-order valence-electron chi connectivity index (χ4n) is 3.91. The number of nitrogens with one attached hydrogen (secondary N) is 3. The summed E-state index contributed by atoms with van der Waals surface area (Å²) in [5, 5.41) is 4.44. The van der Waals surface area contributed by atoms with Crippen molar-refractivity contribution < 1.29 is 0 Å². The third-order valence-electron chi connectivity index (χ3n) is 5.53. The van der Waals surface area contributed by atoms with Gasteiger partial charge in [-0.25, -0.2) is 4.98 Å². The molecule has 4 aromatic rings. The summed E-state index contributed by atoms with van der Waals surface area (Å²) in [6.07, 6.45) is 5.58. The zero-order valence-corrected chi connectivity index (χ0v) is 16.1. The van der Waals surface area contributed by atoms with E-state index in [9.17, 15) is 4.79 Å². The average molecular weight is 385 g/mol. The summed E-state index contributed by atoms with van der Waals surface area (Å²) in [7, 11) is 0. The first kappa shape index (κ1) is 17.8. The highest BCUT2D eigenvalue weighted by Crippen LogP contribution is 2.30. The minimum absolute atomic E-state index is 0.103. The van der Waals surface area contributed by atoms with Crippen LogP contribution in [0.25, 0.3) is 33.3 Å². The maximum atomic E-state index is 11.4. The van der Waals surface area contributed by atoms with Crippen LogP contribution in [0.3, 0.4) is 0 Å². The van der Waals surface area contributed by atoms with E-state index in [2.05, 4.69) is 55.5 Å². The van der Waals surface area contributed by atoms with Gasteiger partial charge < -0.3 is 15.3 Å². The van der Waals surface area contributed by atoms with Crippen LogP contribution >= 0.6 is 0 Å². The van der Waals surface area contributed by atoms with Crippen molar-refractivity contribution in [2.24, 2.45) is 0 Å². The van der Waals surface area contributed by atoms with Crippen LogP contribution in [-0.4, -0.2) is 46.0 Å². The first-order valence-corrected chi connectivity index (χ1v) is 9.95. The third kappa shape index (κ3) is 3.72. The minimum atomic E-state index is -0.103. The van der Waals surface area contributed by atoms with Gasteiger partial charge in [-0.15, -0.1) is 0 Å². The number of fused-ring (bicyclic) bond motifs is 1. The maximum Gasteiger partial charge on any atom is 0.247 e. The van der Waals surface area contributed by atoms with E-state index in [4.69, 9.17) is 0 Å². The number of piperazine rings is 1. The molecule has 1 aliphatic heterocycles. The molecule has 1 saturated heterocycles. The van der Waals surface area contributed by atoms with Crippen LogP contribution in [0.2, 0.25) is 0 Å². The van der Waals surface area contributed by atoms with E-state index < -0.39 is 0 Å². The van der Waals surface area contributed by atoms with Crippen LogP contribution in [0, 0.1) is 0 Å². The lowest BCUT2D eigenvalue weighted by molar-refractivity contribution is 0.233. The van der Waals surface area contributed by atoms with Crippen LogP contribution in [0.1, 0.15) is 5.56 Å². The standard InChI is InChI=1S/C23H23N5O/c29-22-6-5-18(12-25-22)21-14-27-23-20(21)11-19(13-26-23)17-3-1-16(2-4-17)15-28-9-7-24-8-10-28/h1-6,11-14,24H,7-10,15H2,(H,25,29)(H,26,27). The Morgan fingerprint density at radius 2 is 1.69 bits per heavy atom. The number of aromatic nitrogens is 3. The molecule has 0 amide bonds. The first-order valence-electron chi connectivity index (χ1n) is 9.95. The number of rotatable bonds is 4. The van der Waals surface area contributed by atoms with Crippen molar-refractivity contribution in [1.29, 1.82) is 0 Å². The molecular formula is C23H23N5O. The van der Waals surface area contributed by atoms with E-state index in [0.29, 0.717) is 0 Å². The van der Waals surface area contributed by atoms with Crippen molar-refractivity contribution in [3.05, 3.63) is 77.0 Å². The molecule has 6 nitrogen and oxygen atoms in total. The molecule has 0 aliphatic carbocycles. The number of benzene rings is 1. The van der Waals surface area contributed by atoms with Crippen molar-refractivity contribution in [3.63, 3.8) is 0 Å². The predicted octanol–water partition coefficient (Wildman–Crippen LogP) is 2.99. The van der Waals surface area contributed by atoms with Gasteiger partial charge in [-0.05, 0) is 23.3 Å². The topological polar surface area (TPSA) is 76.8 Å². The number of hydrogen-bond donors (Lipinski definition) is 3. The maximum absolute atomic E-state index is 11.4. The van der Waals surface area contributed by atoms with Gasteiger partial charge >= 0.3 is 0 Å². The summed E-state index contributed by atoms with van der Waals surface area (Å²) in [6.45, 7) is 5.33. The van der Waals surface area contributed by atoms with E-state index in [1.165, 1.54) is 5.56 Å². The van der Waals surface area contributed by atoms with Gasteiger partial charge in [0.25, 0.3) is 0 Å². The fraction of sp³-hybridized carbons (Fsp3) is 0.217. The molecular weight excluding hydrogens is 362 g/mol. The van der Waals surface area contributed by atoms with Crippen LogP contribution in [-0.2, 0) is 6.54 Å². The van der Waals surface area contributed by atoms with Crippen molar-refractivity contribution in [1.82, 2.24) is 25.2 Å². The molecule has 0 radical (unpaired) electrons. The van der Waals surface area contributed by atoms with Gasteiger partial charge in [0.05, 0.1) is 0 Å². The monoisotopic (exact) mass is 385 g/mol. The largest absolute Gasteiger partial charge is 0.346 e. The SMILES string of the molecule is O=c1ccc(-c2c[nH]c3ncc(-c4ccc(CN5CCNCC5)cc4)cc23)c[nH]1. The normalized spacial score (nSPS) is 15.0. The molecule has 0 bridgehead atoms. The molecule has 3 aromatic heterocycles. The molecule has 0 atom stereocenters. The summed E-state index contributed by atoms with van der Waals surface area (Å²) in [6, 6.07) is 14.3. The van der Waals surface area contributed by atoms with E-state index in [1.807, 2.05) is 18.5 Å². The molecule has 0 unspecified atom stereocenters.